The van der Waals surface area contributed by atoms with Gasteiger partial charge >= 0.3 is 5.97 Å². The van der Waals surface area contributed by atoms with Crippen molar-refractivity contribution >= 4 is 17.1 Å². The minimum atomic E-state index is -0.986. The van der Waals surface area contributed by atoms with Crippen LogP contribution in [0.5, 0.6) is 0 Å². The summed E-state index contributed by atoms with van der Waals surface area (Å²) in [6.07, 6.45) is 2.78. The Morgan fingerprint density at radius 2 is 1.67 bits per heavy atom. The van der Waals surface area contributed by atoms with Gasteiger partial charge in [0.2, 0.25) is 0 Å². The number of carboxylic acids is 1. The smallest absolute Gasteiger partial charge is 0.305 e. The van der Waals surface area contributed by atoms with Gasteiger partial charge in [-0.25, -0.2) is 13.5 Å². The molecule has 0 aliphatic carbocycles. The number of tetrazole rings is 1. The molecule has 0 unspecified atom stereocenters. The van der Waals surface area contributed by atoms with Gasteiger partial charge in [0.05, 0.1) is 18.6 Å². The van der Waals surface area contributed by atoms with Gasteiger partial charge in [0.25, 0.3) is 0 Å². The SMILES string of the molecule is Cn1nnnc1C(C=C[C@@H]1C[C@H](CC(=O)O)OC(C)(C)O1)=C(c1ccc(F)cc1)c1ccc(F)cc1. The molecule has 1 fully saturated rings. The first-order valence-electron chi connectivity index (χ1n) is 11.4. The summed E-state index contributed by atoms with van der Waals surface area (Å²) in [6.45, 7) is 3.46. The van der Waals surface area contributed by atoms with Crippen molar-refractivity contribution < 1.29 is 28.2 Å². The molecular weight excluding hydrogens is 470 g/mol. The maximum atomic E-state index is 13.7. The topological polar surface area (TPSA) is 99.4 Å². The molecule has 0 saturated carbocycles. The number of aliphatic carboxylic acids is 1. The minimum absolute atomic E-state index is 0.149. The average Bonchev–Trinajstić information content (AvgIpc) is 3.22. The number of nitrogens with zero attached hydrogens (tertiary/aromatic N) is 4. The van der Waals surface area contributed by atoms with Crippen LogP contribution in [-0.2, 0) is 21.3 Å². The normalized spacial score (nSPS) is 19.4. The maximum absolute atomic E-state index is 13.7. The van der Waals surface area contributed by atoms with Gasteiger partial charge in [-0.2, -0.15) is 0 Å². The van der Waals surface area contributed by atoms with E-state index in [2.05, 4.69) is 15.5 Å². The van der Waals surface area contributed by atoms with Gasteiger partial charge in [-0.05, 0) is 65.2 Å². The van der Waals surface area contributed by atoms with E-state index in [0.717, 1.165) is 0 Å². The molecule has 8 nitrogen and oxygen atoms in total. The molecule has 1 saturated heterocycles. The van der Waals surface area contributed by atoms with Gasteiger partial charge in [0, 0.05) is 19.0 Å². The molecule has 1 aliphatic heterocycles. The van der Waals surface area contributed by atoms with Crippen molar-refractivity contribution in [2.75, 3.05) is 0 Å². The highest BCUT2D eigenvalue weighted by Gasteiger charge is 2.35. The van der Waals surface area contributed by atoms with E-state index in [0.29, 0.717) is 34.5 Å². The van der Waals surface area contributed by atoms with Crippen LogP contribution < -0.4 is 0 Å². The van der Waals surface area contributed by atoms with Gasteiger partial charge in [-0.15, -0.1) is 5.10 Å². The molecule has 2 heterocycles. The first-order chi connectivity index (χ1) is 17.1. The van der Waals surface area contributed by atoms with Crippen molar-refractivity contribution in [3.8, 4) is 0 Å². The predicted octanol–water partition coefficient (Wildman–Crippen LogP) is 4.39. The molecule has 3 aromatic rings. The molecule has 0 bridgehead atoms. The van der Waals surface area contributed by atoms with Crippen molar-refractivity contribution in [2.24, 2.45) is 7.05 Å². The molecule has 2 aromatic carbocycles. The Balaban J connectivity index is 1.85. The molecule has 0 amide bonds. The number of carbonyl (C=O) groups is 1. The maximum Gasteiger partial charge on any atom is 0.305 e. The van der Waals surface area contributed by atoms with Crippen LogP contribution in [0, 0.1) is 11.6 Å². The number of aromatic nitrogens is 4. The second kappa shape index (κ2) is 10.5. The predicted molar refractivity (Wildman–Crippen MR) is 127 cm³/mol. The largest absolute Gasteiger partial charge is 0.481 e. The minimum Gasteiger partial charge on any atom is -0.481 e. The summed E-state index contributed by atoms with van der Waals surface area (Å²) < 4.78 is 40.8. The Morgan fingerprint density at radius 3 is 2.17 bits per heavy atom. The van der Waals surface area contributed by atoms with Crippen LogP contribution >= 0.6 is 0 Å². The van der Waals surface area contributed by atoms with Gasteiger partial charge < -0.3 is 14.6 Å². The van der Waals surface area contributed by atoms with E-state index >= 15 is 0 Å². The lowest BCUT2D eigenvalue weighted by molar-refractivity contribution is -0.290. The van der Waals surface area contributed by atoms with E-state index in [4.69, 9.17) is 9.47 Å². The highest BCUT2D eigenvalue weighted by atomic mass is 19.1. The van der Waals surface area contributed by atoms with Gasteiger partial charge in [0.1, 0.15) is 11.6 Å². The summed E-state index contributed by atoms with van der Waals surface area (Å²) in [7, 11) is 1.69. The fourth-order valence-electron chi connectivity index (χ4n) is 4.23. The van der Waals surface area contributed by atoms with Crippen LogP contribution in [0.15, 0.2) is 60.7 Å². The highest BCUT2D eigenvalue weighted by molar-refractivity contribution is 6.00. The summed E-state index contributed by atoms with van der Waals surface area (Å²) >= 11 is 0. The number of ether oxygens (including phenoxy) is 2. The number of allylic oxidation sites excluding steroid dienone is 2. The summed E-state index contributed by atoms with van der Waals surface area (Å²) in [5, 5.41) is 21.1. The van der Waals surface area contributed by atoms with Gasteiger partial charge in [-0.1, -0.05) is 36.4 Å². The number of halogens is 2. The molecule has 188 valence electrons. The molecule has 2 atom stereocenters. The lowest BCUT2D eigenvalue weighted by Crippen LogP contribution is -2.44. The zero-order valence-electron chi connectivity index (χ0n) is 20.1. The molecule has 36 heavy (non-hydrogen) atoms. The monoisotopic (exact) mass is 496 g/mol. The van der Waals surface area contributed by atoms with Gasteiger partial charge in [-0.3, -0.25) is 4.79 Å². The second-order valence-corrected chi connectivity index (χ2v) is 8.92. The second-order valence-electron chi connectivity index (χ2n) is 8.92. The summed E-state index contributed by atoms with van der Waals surface area (Å²) in [4.78, 5) is 11.3. The molecule has 1 aromatic heterocycles. The molecule has 0 radical (unpaired) electrons. The summed E-state index contributed by atoms with van der Waals surface area (Å²) in [5.74, 6) is -2.31. The van der Waals surface area contributed by atoms with Crippen LogP contribution in [0.2, 0.25) is 0 Å². The van der Waals surface area contributed by atoms with Crippen LogP contribution in [-0.4, -0.2) is 49.3 Å². The van der Waals surface area contributed by atoms with E-state index in [1.54, 1.807) is 57.3 Å². The van der Waals surface area contributed by atoms with E-state index in [-0.39, 0.29) is 6.42 Å². The third-order valence-electron chi connectivity index (χ3n) is 5.66. The molecule has 4 rings (SSSR count). The van der Waals surface area contributed by atoms with Crippen molar-refractivity contribution in [3.63, 3.8) is 0 Å². The van der Waals surface area contributed by atoms with Crippen LogP contribution in [0.1, 0.15) is 43.6 Å². The zero-order chi connectivity index (χ0) is 25.9. The van der Waals surface area contributed by atoms with Crippen molar-refractivity contribution in [1.29, 1.82) is 0 Å². The quantitative estimate of drug-likeness (QED) is 0.485. The fraction of sp³-hybridized carbons (Fsp3) is 0.308. The Bertz CT molecular complexity index is 1240. The highest BCUT2D eigenvalue weighted by Crippen LogP contribution is 2.34. The van der Waals surface area contributed by atoms with Crippen LogP contribution in [0.3, 0.4) is 0 Å². The Morgan fingerprint density at radius 1 is 1.08 bits per heavy atom. The first kappa shape index (κ1) is 25.3. The average molecular weight is 497 g/mol. The van der Waals surface area contributed by atoms with E-state index in [9.17, 15) is 18.7 Å². The van der Waals surface area contributed by atoms with E-state index in [1.165, 1.54) is 28.9 Å². The third kappa shape index (κ3) is 6.07. The van der Waals surface area contributed by atoms with Gasteiger partial charge in [0.15, 0.2) is 11.6 Å². The lowest BCUT2D eigenvalue weighted by Gasteiger charge is -2.39. The molecular formula is C26H26F2N4O4. The van der Waals surface area contributed by atoms with E-state index < -0.39 is 35.6 Å². The van der Waals surface area contributed by atoms with Crippen molar-refractivity contribution in [1.82, 2.24) is 20.2 Å². The number of hydrogen-bond donors (Lipinski definition) is 1. The molecule has 10 heteroatoms. The number of hydrogen-bond acceptors (Lipinski definition) is 6. The fourth-order valence-corrected chi connectivity index (χ4v) is 4.23. The number of carboxylic acid groups (broad SMARTS) is 1. The Kier molecular flexibility index (Phi) is 7.37. The number of rotatable bonds is 7. The number of benzene rings is 2. The lowest BCUT2D eigenvalue weighted by atomic mass is 9.91. The standard InChI is InChI=1S/C26H26F2N4O4/c1-26(2)35-20(14-21(36-26)15-23(33)34)12-13-22(25-29-30-31-32(25)3)24(16-4-8-18(27)9-5-16)17-6-10-19(28)11-7-17/h4-13,20-21H,14-15H2,1-3H3,(H,33,34)/t20-,21-/m1/s1. The summed E-state index contributed by atoms with van der Waals surface area (Å²) in [6, 6.07) is 11.9. The van der Waals surface area contributed by atoms with Crippen LogP contribution in [0.25, 0.3) is 11.1 Å². The Labute approximate surface area is 206 Å². The molecule has 1 N–H and O–H groups in total. The Hall–Kier alpha value is -3.76. The molecule has 1 aliphatic rings. The number of aryl methyl sites for hydroxylation is 1. The van der Waals surface area contributed by atoms with Crippen molar-refractivity contribution in [3.05, 3.63) is 89.3 Å². The molecule has 0 spiro atoms. The van der Waals surface area contributed by atoms with E-state index in [1.807, 2.05) is 0 Å². The first-order valence-corrected chi connectivity index (χ1v) is 11.4. The summed E-state index contributed by atoms with van der Waals surface area (Å²) in [5.41, 5.74) is 2.58. The zero-order valence-corrected chi connectivity index (χ0v) is 20.1. The van der Waals surface area contributed by atoms with Crippen molar-refractivity contribution in [2.45, 2.75) is 44.7 Å². The van der Waals surface area contributed by atoms with Crippen LogP contribution in [0.4, 0.5) is 8.78 Å². The third-order valence-corrected chi connectivity index (χ3v) is 5.66.